The molecule has 0 saturated carbocycles. The molecule has 0 aliphatic carbocycles. The van der Waals surface area contributed by atoms with E-state index in [0.29, 0.717) is 6.54 Å². The molecule has 3 N–H and O–H groups in total. The minimum atomic E-state index is -0.0113. The van der Waals surface area contributed by atoms with Gasteiger partial charge in [-0.2, -0.15) is 0 Å². The standard InChI is InChI=1S/C23H33N5O2S/c1-24-23(26-13-8-12-25-22(29)21-11-7-16-31-21)27-17-19(28-14-5-6-15-28)18-9-3-4-10-20(18)30-2/h3-4,7,9-11,16,19H,5-6,8,12-15,17H2,1-2H3,(H,25,29)(H2,24,26,27). The van der Waals surface area contributed by atoms with Crippen molar-refractivity contribution in [3.05, 3.63) is 52.2 Å². The van der Waals surface area contributed by atoms with Crippen LogP contribution in [-0.2, 0) is 0 Å². The smallest absolute Gasteiger partial charge is 0.261 e. The number of hydrogen-bond donors (Lipinski definition) is 3. The summed E-state index contributed by atoms with van der Waals surface area (Å²) in [6, 6.07) is 12.2. The van der Waals surface area contributed by atoms with E-state index in [1.807, 2.05) is 29.6 Å². The van der Waals surface area contributed by atoms with E-state index in [9.17, 15) is 4.79 Å². The monoisotopic (exact) mass is 443 g/mol. The Labute approximate surface area is 188 Å². The average molecular weight is 444 g/mol. The van der Waals surface area contributed by atoms with Crippen molar-refractivity contribution in [2.45, 2.75) is 25.3 Å². The summed E-state index contributed by atoms with van der Waals surface area (Å²) in [5.74, 6) is 1.68. The number of aliphatic imine (C=N–C) groups is 1. The van der Waals surface area contributed by atoms with Crippen LogP contribution in [0.4, 0.5) is 0 Å². The van der Waals surface area contributed by atoms with E-state index >= 15 is 0 Å². The third-order valence-electron chi connectivity index (χ3n) is 5.44. The highest BCUT2D eigenvalue weighted by Crippen LogP contribution is 2.31. The minimum absolute atomic E-state index is 0.0113. The number of rotatable bonds is 10. The molecule has 1 fully saturated rings. The highest BCUT2D eigenvalue weighted by molar-refractivity contribution is 7.12. The van der Waals surface area contributed by atoms with Gasteiger partial charge in [-0.1, -0.05) is 24.3 Å². The van der Waals surface area contributed by atoms with Crippen molar-refractivity contribution in [2.75, 3.05) is 46.9 Å². The largest absolute Gasteiger partial charge is 0.496 e. The van der Waals surface area contributed by atoms with Crippen molar-refractivity contribution in [3.8, 4) is 5.75 Å². The molecule has 0 radical (unpaired) electrons. The number of ether oxygens (including phenoxy) is 1. The zero-order chi connectivity index (χ0) is 21.9. The van der Waals surface area contributed by atoms with Crippen molar-refractivity contribution in [1.82, 2.24) is 20.9 Å². The molecule has 0 bridgehead atoms. The van der Waals surface area contributed by atoms with Gasteiger partial charge in [0.1, 0.15) is 5.75 Å². The summed E-state index contributed by atoms with van der Waals surface area (Å²) in [7, 11) is 3.51. The number of carbonyl (C=O) groups excluding carboxylic acids is 1. The minimum Gasteiger partial charge on any atom is -0.496 e. The van der Waals surface area contributed by atoms with Crippen molar-refractivity contribution >= 4 is 23.2 Å². The first-order valence-electron chi connectivity index (χ1n) is 10.9. The van der Waals surface area contributed by atoms with Crippen molar-refractivity contribution in [1.29, 1.82) is 0 Å². The molecule has 1 aliphatic rings. The molecule has 31 heavy (non-hydrogen) atoms. The van der Waals surface area contributed by atoms with E-state index in [1.54, 1.807) is 14.2 Å². The number of amides is 1. The second-order valence-corrected chi connectivity index (χ2v) is 8.42. The fourth-order valence-electron chi connectivity index (χ4n) is 3.84. The van der Waals surface area contributed by atoms with Crippen LogP contribution in [0.25, 0.3) is 0 Å². The summed E-state index contributed by atoms with van der Waals surface area (Å²) in [5, 5.41) is 11.7. The average Bonchev–Trinajstić information content (AvgIpc) is 3.52. The van der Waals surface area contributed by atoms with Gasteiger partial charge in [0.2, 0.25) is 0 Å². The Bertz CT molecular complexity index is 834. The van der Waals surface area contributed by atoms with Gasteiger partial charge in [-0.05, 0) is 49.9 Å². The molecule has 0 spiro atoms. The number of likely N-dealkylation sites (tertiary alicyclic amines) is 1. The van der Waals surface area contributed by atoms with Gasteiger partial charge in [0, 0.05) is 32.2 Å². The van der Waals surface area contributed by atoms with Gasteiger partial charge < -0.3 is 20.7 Å². The first kappa shape index (κ1) is 23.1. The Balaban J connectivity index is 1.47. The number of carbonyl (C=O) groups is 1. The maximum absolute atomic E-state index is 12.0. The molecule has 1 atom stereocenters. The predicted molar refractivity (Wildman–Crippen MR) is 127 cm³/mol. The van der Waals surface area contributed by atoms with E-state index in [0.717, 1.165) is 49.2 Å². The van der Waals surface area contributed by atoms with E-state index < -0.39 is 0 Å². The van der Waals surface area contributed by atoms with E-state index in [4.69, 9.17) is 4.74 Å². The third kappa shape index (κ3) is 6.70. The lowest BCUT2D eigenvalue weighted by Crippen LogP contribution is -2.43. The summed E-state index contributed by atoms with van der Waals surface area (Å²) >= 11 is 1.45. The lowest BCUT2D eigenvalue weighted by Gasteiger charge is -2.30. The number of benzene rings is 1. The first-order chi connectivity index (χ1) is 15.2. The molecule has 1 saturated heterocycles. The normalized spacial score (nSPS) is 15.5. The first-order valence-corrected chi connectivity index (χ1v) is 11.7. The van der Waals surface area contributed by atoms with E-state index in [1.165, 1.54) is 29.7 Å². The van der Waals surface area contributed by atoms with Crippen LogP contribution in [0.15, 0.2) is 46.8 Å². The van der Waals surface area contributed by atoms with Gasteiger partial charge in [-0.25, -0.2) is 0 Å². The van der Waals surface area contributed by atoms with Gasteiger partial charge >= 0.3 is 0 Å². The van der Waals surface area contributed by atoms with Gasteiger partial charge in [0.05, 0.1) is 18.0 Å². The maximum Gasteiger partial charge on any atom is 0.261 e. The number of para-hydroxylation sites is 1. The van der Waals surface area contributed by atoms with E-state index in [2.05, 4.69) is 38.0 Å². The topological polar surface area (TPSA) is 78.0 Å². The lowest BCUT2D eigenvalue weighted by molar-refractivity contribution is 0.0957. The highest BCUT2D eigenvalue weighted by atomic mass is 32.1. The summed E-state index contributed by atoms with van der Waals surface area (Å²) in [5.41, 5.74) is 1.20. The number of nitrogens with one attached hydrogen (secondary N) is 3. The second-order valence-electron chi connectivity index (χ2n) is 7.47. The number of hydrogen-bond acceptors (Lipinski definition) is 5. The zero-order valence-electron chi connectivity index (χ0n) is 18.4. The van der Waals surface area contributed by atoms with Crippen molar-refractivity contribution in [3.63, 3.8) is 0 Å². The Morgan fingerprint density at radius 1 is 1.13 bits per heavy atom. The van der Waals surface area contributed by atoms with Crippen LogP contribution in [-0.4, -0.2) is 63.6 Å². The van der Waals surface area contributed by atoms with Crippen molar-refractivity contribution < 1.29 is 9.53 Å². The summed E-state index contributed by atoms with van der Waals surface area (Å²) in [6.45, 7) is 4.29. The molecule has 1 unspecified atom stereocenters. The fraction of sp³-hybridized carbons (Fsp3) is 0.478. The van der Waals surface area contributed by atoms with Crippen LogP contribution in [0.1, 0.15) is 40.5 Å². The molecular formula is C23H33N5O2S. The SMILES string of the molecule is CN=C(NCCCNC(=O)c1cccs1)NCC(c1ccccc1OC)N1CCCC1. The summed E-state index contributed by atoms with van der Waals surface area (Å²) < 4.78 is 5.62. The predicted octanol–water partition coefficient (Wildman–Crippen LogP) is 2.88. The number of guanidine groups is 1. The summed E-state index contributed by atoms with van der Waals surface area (Å²) in [6.07, 6.45) is 3.28. The van der Waals surface area contributed by atoms with Gasteiger partial charge in [0.15, 0.2) is 5.96 Å². The van der Waals surface area contributed by atoms with Crippen LogP contribution < -0.4 is 20.7 Å². The Morgan fingerprint density at radius 3 is 2.61 bits per heavy atom. The van der Waals surface area contributed by atoms with Crippen LogP contribution in [0.3, 0.4) is 0 Å². The zero-order valence-corrected chi connectivity index (χ0v) is 19.2. The van der Waals surface area contributed by atoms with Crippen molar-refractivity contribution in [2.24, 2.45) is 4.99 Å². The molecule has 8 heteroatoms. The summed E-state index contributed by atoms with van der Waals surface area (Å²) in [4.78, 5) is 19.6. The molecule has 1 aromatic heterocycles. The molecule has 3 rings (SSSR count). The molecule has 1 amide bonds. The molecule has 1 aromatic carbocycles. The van der Waals surface area contributed by atoms with Crippen LogP contribution in [0.5, 0.6) is 5.75 Å². The van der Waals surface area contributed by atoms with Crippen LogP contribution in [0, 0.1) is 0 Å². The molecule has 2 aromatic rings. The van der Waals surface area contributed by atoms with Crippen LogP contribution >= 0.6 is 11.3 Å². The lowest BCUT2D eigenvalue weighted by atomic mass is 10.0. The maximum atomic E-state index is 12.0. The van der Waals surface area contributed by atoms with E-state index in [-0.39, 0.29) is 11.9 Å². The molecule has 1 aliphatic heterocycles. The molecule has 2 heterocycles. The number of thiophene rings is 1. The Hall–Kier alpha value is -2.58. The Morgan fingerprint density at radius 2 is 1.90 bits per heavy atom. The number of methoxy groups -OCH3 is 1. The molecule has 7 nitrogen and oxygen atoms in total. The van der Waals surface area contributed by atoms with Gasteiger partial charge in [0.25, 0.3) is 5.91 Å². The molecule has 168 valence electrons. The second kappa shape index (κ2) is 12.3. The number of nitrogens with zero attached hydrogens (tertiary/aromatic N) is 2. The Kier molecular flexibility index (Phi) is 9.17. The molecular weight excluding hydrogens is 410 g/mol. The highest BCUT2D eigenvalue weighted by Gasteiger charge is 2.26. The van der Waals surface area contributed by atoms with Gasteiger partial charge in [-0.3, -0.25) is 14.7 Å². The van der Waals surface area contributed by atoms with Gasteiger partial charge in [-0.15, -0.1) is 11.3 Å². The third-order valence-corrected chi connectivity index (χ3v) is 6.31. The quantitative estimate of drug-likeness (QED) is 0.299. The van der Waals surface area contributed by atoms with Crippen LogP contribution in [0.2, 0.25) is 0 Å². The fourth-order valence-corrected chi connectivity index (χ4v) is 4.48.